The highest BCUT2D eigenvalue weighted by atomic mass is 32.2. The van der Waals surface area contributed by atoms with Crippen LogP contribution in [0, 0.1) is 12.7 Å². The molecule has 0 aliphatic carbocycles. The molecule has 38 heavy (non-hydrogen) atoms. The molecule has 1 aliphatic heterocycles. The van der Waals surface area contributed by atoms with E-state index in [0.717, 1.165) is 30.5 Å². The Bertz CT molecular complexity index is 1390. The van der Waals surface area contributed by atoms with Gasteiger partial charge in [-0.1, -0.05) is 31.5 Å². The third-order valence-electron chi connectivity index (χ3n) is 6.82. The number of nitrogens with zero attached hydrogens (tertiary/aromatic N) is 2. The molecule has 0 radical (unpaired) electrons. The average Bonchev–Trinajstić information content (AvgIpc) is 2.92. The predicted molar refractivity (Wildman–Crippen MR) is 148 cm³/mol. The Morgan fingerprint density at radius 2 is 1.71 bits per heavy atom. The fraction of sp³-hybridized carbons (Fsp3) is 0.345. The van der Waals surface area contributed by atoms with Crippen LogP contribution in [0.5, 0.6) is 5.75 Å². The molecule has 0 bridgehead atoms. The highest BCUT2D eigenvalue weighted by Crippen LogP contribution is 2.30. The summed E-state index contributed by atoms with van der Waals surface area (Å²) in [5.74, 6) is -0.143. The molecule has 202 valence electrons. The lowest BCUT2D eigenvalue weighted by molar-refractivity contribution is 0.0745. The van der Waals surface area contributed by atoms with Gasteiger partial charge in [-0.05, 0) is 67.3 Å². The molecule has 0 spiro atoms. The summed E-state index contributed by atoms with van der Waals surface area (Å²) in [6, 6.07) is 16.4. The number of anilines is 2. The third-order valence-corrected chi connectivity index (χ3v) is 8.20. The molecule has 1 heterocycles. The zero-order valence-electron chi connectivity index (χ0n) is 22.0. The zero-order chi connectivity index (χ0) is 27.3. The number of nitrogens with one attached hydrogen (secondary N) is 1. The number of benzene rings is 3. The topological polar surface area (TPSA) is 79.0 Å². The van der Waals surface area contributed by atoms with Gasteiger partial charge in [-0.3, -0.25) is 9.52 Å². The van der Waals surface area contributed by atoms with Crippen LogP contribution in [0.1, 0.15) is 41.3 Å². The third kappa shape index (κ3) is 6.27. The molecule has 1 aliphatic rings. The number of halogens is 1. The zero-order valence-corrected chi connectivity index (χ0v) is 22.9. The van der Waals surface area contributed by atoms with Crippen molar-refractivity contribution < 1.29 is 22.3 Å². The quantitative estimate of drug-likeness (QED) is 0.402. The molecule has 1 amide bonds. The van der Waals surface area contributed by atoms with E-state index in [1.165, 1.54) is 31.4 Å². The van der Waals surface area contributed by atoms with Crippen LogP contribution in [-0.4, -0.2) is 52.5 Å². The normalized spacial score (nSPS) is 13.9. The van der Waals surface area contributed by atoms with Gasteiger partial charge in [-0.2, -0.15) is 0 Å². The largest absolute Gasteiger partial charge is 0.494 e. The maximum atomic E-state index is 13.6. The minimum Gasteiger partial charge on any atom is -0.494 e. The molecular weight excluding hydrogens is 505 g/mol. The number of unbranched alkanes of at least 4 members (excludes halogenated alkanes) is 1. The van der Waals surface area contributed by atoms with Gasteiger partial charge < -0.3 is 14.5 Å². The molecule has 0 aromatic heterocycles. The van der Waals surface area contributed by atoms with Crippen molar-refractivity contribution in [3.63, 3.8) is 0 Å². The highest BCUT2D eigenvalue weighted by molar-refractivity contribution is 7.92. The van der Waals surface area contributed by atoms with Crippen molar-refractivity contribution in [2.24, 2.45) is 0 Å². The molecule has 0 saturated carbocycles. The van der Waals surface area contributed by atoms with Crippen molar-refractivity contribution in [3.8, 4) is 5.75 Å². The first kappa shape index (κ1) is 27.4. The standard InChI is InChI=1S/C29H34FN3O4S/c1-4-5-6-22-8-11-24(12-9-22)31-38(35,36)25-13-7-21(2)26(20-25)29(34)33-17-15-32(16-18-33)27-14-10-23(30)19-28(27)37-3/h7-14,19-20,31H,4-6,15-18H2,1-3H3. The molecule has 9 heteroatoms. The van der Waals surface area contributed by atoms with Gasteiger partial charge in [-0.15, -0.1) is 0 Å². The monoisotopic (exact) mass is 539 g/mol. The Morgan fingerprint density at radius 3 is 2.37 bits per heavy atom. The van der Waals surface area contributed by atoms with Crippen LogP contribution in [0.15, 0.2) is 65.6 Å². The van der Waals surface area contributed by atoms with Gasteiger partial charge >= 0.3 is 0 Å². The van der Waals surface area contributed by atoms with Crippen LogP contribution >= 0.6 is 0 Å². The van der Waals surface area contributed by atoms with Crippen LogP contribution in [0.3, 0.4) is 0 Å². The molecule has 0 atom stereocenters. The van der Waals surface area contributed by atoms with Crippen LogP contribution in [-0.2, 0) is 16.4 Å². The number of carbonyl (C=O) groups excluding carboxylic acids is 1. The first-order chi connectivity index (χ1) is 18.2. The predicted octanol–water partition coefficient (Wildman–Crippen LogP) is 5.25. The summed E-state index contributed by atoms with van der Waals surface area (Å²) in [6.45, 7) is 5.90. The molecule has 7 nitrogen and oxygen atoms in total. The Kier molecular flexibility index (Phi) is 8.56. The van der Waals surface area contributed by atoms with Gasteiger partial charge in [0.2, 0.25) is 0 Å². The van der Waals surface area contributed by atoms with Crippen LogP contribution in [0.25, 0.3) is 0 Å². The second-order valence-electron chi connectivity index (χ2n) is 9.48. The van der Waals surface area contributed by atoms with Crippen molar-refractivity contribution in [2.45, 2.75) is 38.0 Å². The Hall–Kier alpha value is -3.59. The molecule has 1 fully saturated rings. The highest BCUT2D eigenvalue weighted by Gasteiger charge is 2.26. The molecular formula is C29H34FN3O4S. The van der Waals surface area contributed by atoms with Gasteiger partial charge in [0.15, 0.2) is 0 Å². The second-order valence-corrected chi connectivity index (χ2v) is 11.2. The van der Waals surface area contributed by atoms with Crippen molar-refractivity contribution in [1.29, 1.82) is 0 Å². The van der Waals surface area contributed by atoms with Crippen LogP contribution < -0.4 is 14.4 Å². The summed E-state index contributed by atoms with van der Waals surface area (Å²) in [5.41, 5.74) is 3.48. The van der Waals surface area contributed by atoms with E-state index in [4.69, 9.17) is 4.74 Å². The molecule has 1 N–H and O–H groups in total. The van der Waals surface area contributed by atoms with Crippen molar-refractivity contribution in [3.05, 3.63) is 83.2 Å². The van der Waals surface area contributed by atoms with Gasteiger partial charge in [0.25, 0.3) is 15.9 Å². The Morgan fingerprint density at radius 1 is 1.00 bits per heavy atom. The van der Waals surface area contributed by atoms with Gasteiger partial charge in [0.1, 0.15) is 11.6 Å². The van der Waals surface area contributed by atoms with E-state index in [1.807, 2.05) is 17.0 Å². The van der Waals surface area contributed by atoms with E-state index in [-0.39, 0.29) is 16.6 Å². The molecule has 3 aromatic carbocycles. The number of hydrogen-bond donors (Lipinski definition) is 1. The fourth-order valence-electron chi connectivity index (χ4n) is 4.57. The lowest BCUT2D eigenvalue weighted by Gasteiger charge is -2.36. The van der Waals surface area contributed by atoms with E-state index in [2.05, 4.69) is 11.6 Å². The summed E-state index contributed by atoms with van der Waals surface area (Å²) >= 11 is 0. The number of piperazine rings is 1. The molecule has 1 saturated heterocycles. The van der Waals surface area contributed by atoms with E-state index in [1.54, 1.807) is 36.1 Å². The van der Waals surface area contributed by atoms with Crippen molar-refractivity contribution in [2.75, 3.05) is 42.9 Å². The molecule has 3 aromatic rings. The first-order valence-electron chi connectivity index (χ1n) is 12.8. The summed E-state index contributed by atoms with van der Waals surface area (Å²) in [4.78, 5) is 17.2. The summed E-state index contributed by atoms with van der Waals surface area (Å²) in [7, 11) is -2.38. The number of carbonyl (C=O) groups is 1. The number of amides is 1. The maximum Gasteiger partial charge on any atom is 0.261 e. The summed E-state index contributed by atoms with van der Waals surface area (Å²) in [5, 5.41) is 0. The van der Waals surface area contributed by atoms with Crippen molar-refractivity contribution in [1.82, 2.24) is 4.90 Å². The average molecular weight is 540 g/mol. The first-order valence-corrected chi connectivity index (χ1v) is 14.3. The number of ether oxygens (including phenoxy) is 1. The van der Waals surface area contributed by atoms with E-state index < -0.39 is 10.0 Å². The number of hydrogen-bond acceptors (Lipinski definition) is 5. The smallest absolute Gasteiger partial charge is 0.261 e. The number of methoxy groups -OCH3 is 1. The number of rotatable bonds is 9. The van der Waals surface area contributed by atoms with Gasteiger partial charge in [-0.25, -0.2) is 12.8 Å². The van der Waals surface area contributed by atoms with Crippen LogP contribution in [0.2, 0.25) is 0 Å². The van der Waals surface area contributed by atoms with E-state index in [9.17, 15) is 17.6 Å². The lowest BCUT2D eigenvalue weighted by Crippen LogP contribution is -2.49. The number of aryl methyl sites for hydroxylation is 2. The Labute approximate surface area is 224 Å². The SMILES string of the molecule is CCCCc1ccc(NS(=O)(=O)c2ccc(C)c(C(=O)N3CCN(c4ccc(F)cc4OC)CC3)c2)cc1. The Balaban J connectivity index is 1.46. The lowest BCUT2D eigenvalue weighted by atomic mass is 10.1. The van der Waals surface area contributed by atoms with Crippen LogP contribution in [0.4, 0.5) is 15.8 Å². The van der Waals surface area contributed by atoms with Crippen molar-refractivity contribution >= 4 is 27.3 Å². The second kappa shape index (κ2) is 11.9. The number of sulfonamides is 1. The molecule has 0 unspecified atom stereocenters. The molecule has 4 rings (SSSR count). The van der Waals surface area contributed by atoms with Gasteiger partial charge in [0.05, 0.1) is 17.7 Å². The fourth-order valence-corrected chi connectivity index (χ4v) is 5.65. The van der Waals surface area contributed by atoms with Gasteiger partial charge in [0, 0.05) is 43.5 Å². The maximum absolute atomic E-state index is 13.6. The summed E-state index contributed by atoms with van der Waals surface area (Å²) in [6.07, 6.45) is 3.14. The minimum atomic E-state index is -3.88. The minimum absolute atomic E-state index is 0.0381. The van der Waals surface area contributed by atoms with E-state index >= 15 is 0 Å². The summed E-state index contributed by atoms with van der Waals surface area (Å²) < 4.78 is 47.8. The van der Waals surface area contributed by atoms with E-state index in [0.29, 0.717) is 48.7 Å².